The Morgan fingerprint density at radius 3 is 2.59 bits per heavy atom. The summed E-state index contributed by atoms with van der Waals surface area (Å²) < 4.78 is 5.39. The van der Waals surface area contributed by atoms with E-state index in [4.69, 9.17) is 4.74 Å². The second-order valence-corrected chi connectivity index (χ2v) is 5.44. The van der Waals surface area contributed by atoms with E-state index in [2.05, 4.69) is 17.4 Å². The molecule has 3 heteroatoms. The number of esters is 1. The molecule has 1 aliphatic rings. The molecular formula is C14H19NO2. The van der Waals surface area contributed by atoms with Gasteiger partial charge >= 0.3 is 5.97 Å². The minimum absolute atomic E-state index is 0.160. The molecule has 0 bridgehead atoms. The molecule has 0 unspecified atom stereocenters. The summed E-state index contributed by atoms with van der Waals surface area (Å²) in [4.78, 5) is 11.9. The average molecular weight is 233 g/mol. The number of rotatable bonds is 1. The lowest BCUT2D eigenvalue weighted by Gasteiger charge is -2.28. The van der Waals surface area contributed by atoms with Gasteiger partial charge in [0.25, 0.3) is 0 Å². The van der Waals surface area contributed by atoms with Crippen molar-refractivity contribution in [1.82, 2.24) is 5.32 Å². The van der Waals surface area contributed by atoms with Crippen LogP contribution in [0.4, 0.5) is 0 Å². The largest absolute Gasteiger partial charge is 0.459 e. The van der Waals surface area contributed by atoms with Gasteiger partial charge in [-0.1, -0.05) is 24.3 Å². The third-order valence-corrected chi connectivity index (χ3v) is 2.77. The van der Waals surface area contributed by atoms with Crippen molar-refractivity contribution in [2.45, 2.75) is 45.4 Å². The number of nitrogens with one attached hydrogen (secondary N) is 1. The average Bonchev–Trinajstić information content (AvgIpc) is 2.26. The van der Waals surface area contributed by atoms with Crippen LogP contribution in [0.1, 0.15) is 31.9 Å². The minimum atomic E-state index is -0.421. The zero-order chi connectivity index (χ0) is 12.5. The van der Waals surface area contributed by atoms with Crippen molar-refractivity contribution in [2.24, 2.45) is 0 Å². The number of hydrogen-bond acceptors (Lipinski definition) is 3. The topological polar surface area (TPSA) is 38.3 Å². The molecular weight excluding hydrogens is 214 g/mol. The zero-order valence-electron chi connectivity index (χ0n) is 10.6. The summed E-state index contributed by atoms with van der Waals surface area (Å²) >= 11 is 0. The van der Waals surface area contributed by atoms with E-state index in [1.54, 1.807) is 0 Å². The lowest BCUT2D eigenvalue weighted by atomic mass is 9.96. The molecule has 3 nitrogen and oxygen atoms in total. The minimum Gasteiger partial charge on any atom is -0.459 e. The van der Waals surface area contributed by atoms with Crippen LogP contribution in [0.3, 0.4) is 0 Å². The molecule has 1 aromatic carbocycles. The fourth-order valence-corrected chi connectivity index (χ4v) is 1.99. The van der Waals surface area contributed by atoms with Gasteiger partial charge in [0.2, 0.25) is 0 Å². The first-order valence-corrected chi connectivity index (χ1v) is 5.99. The number of carbonyl (C=O) groups excluding carboxylic acids is 1. The Balaban J connectivity index is 2.05. The number of fused-ring (bicyclic) bond motifs is 1. The first-order valence-electron chi connectivity index (χ1n) is 5.99. The van der Waals surface area contributed by atoms with Crippen molar-refractivity contribution in [1.29, 1.82) is 0 Å². The highest BCUT2D eigenvalue weighted by Crippen LogP contribution is 2.18. The third-order valence-electron chi connectivity index (χ3n) is 2.77. The van der Waals surface area contributed by atoms with Crippen molar-refractivity contribution in [3.8, 4) is 0 Å². The molecule has 92 valence electrons. The molecule has 0 fully saturated rings. The van der Waals surface area contributed by atoms with Crippen LogP contribution in [0.25, 0.3) is 0 Å². The summed E-state index contributed by atoms with van der Waals surface area (Å²) in [6.07, 6.45) is 0.713. The maximum atomic E-state index is 11.9. The Morgan fingerprint density at radius 1 is 1.29 bits per heavy atom. The van der Waals surface area contributed by atoms with Crippen LogP contribution < -0.4 is 5.32 Å². The predicted molar refractivity (Wildman–Crippen MR) is 66.6 cm³/mol. The second-order valence-electron chi connectivity index (χ2n) is 5.44. The first kappa shape index (κ1) is 12.1. The Morgan fingerprint density at radius 2 is 1.94 bits per heavy atom. The van der Waals surface area contributed by atoms with E-state index >= 15 is 0 Å². The van der Waals surface area contributed by atoms with Crippen LogP contribution in [0.15, 0.2) is 24.3 Å². The molecule has 0 radical (unpaired) electrons. The summed E-state index contributed by atoms with van der Waals surface area (Å²) in [5.41, 5.74) is 2.09. The van der Waals surface area contributed by atoms with Crippen LogP contribution in [0.2, 0.25) is 0 Å². The quantitative estimate of drug-likeness (QED) is 0.754. The molecule has 0 saturated carbocycles. The van der Waals surface area contributed by atoms with Gasteiger partial charge in [-0.25, -0.2) is 0 Å². The van der Waals surface area contributed by atoms with Crippen LogP contribution in [0, 0.1) is 0 Å². The van der Waals surface area contributed by atoms with Gasteiger partial charge < -0.3 is 10.1 Å². The highest BCUT2D eigenvalue weighted by Gasteiger charge is 2.28. The molecule has 1 atom stereocenters. The van der Waals surface area contributed by atoms with Gasteiger partial charge in [-0.3, -0.25) is 4.79 Å². The van der Waals surface area contributed by atoms with Crippen LogP contribution in [-0.4, -0.2) is 17.6 Å². The fraction of sp³-hybridized carbons (Fsp3) is 0.500. The molecule has 2 rings (SSSR count). The van der Waals surface area contributed by atoms with Gasteiger partial charge in [-0.2, -0.15) is 0 Å². The maximum Gasteiger partial charge on any atom is 0.324 e. The molecule has 1 N–H and O–H groups in total. The van der Waals surface area contributed by atoms with Gasteiger partial charge in [-0.15, -0.1) is 0 Å². The summed E-state index contributed by atoms with van der Waals surface area (Å²) in [5, 5.41) is 3.22. The first-order chi connectivity index (χ1) is 7.96. The third kappa shape index (κ3) is 3.07. The van der Waals surface area contributed by atoms with Crippen LogP contribution in [0.5, 0.6) is 0 Å². The van der Waals surface area contributed by atoms with Crippen LogP contribution in [-0.2, 0) is 22.5 Å². The number of benzene rings is 1. The van der Waals surface area contributed by atoms with Crippen molar-refractivity contribution in [3.63, 3.8) is 0 Å². The lowest BCUT2D eigenvalue weighted by Crippen LogP contribution is -2.45. The Kier molecular flexibility index (Phi) is 3.20. The van der Waals surface area contributed by atoms with Gasteiger partial charge in [0.1, 0.15) is 11.6 Å². The normalized spacial score (nSPS) is 19.6. The van der Waals surface area contributed by atoms with E-state index in [1.807, 2.05) is 32.9 Å². The Hall–Kier alpha value is -1.35. The molecule has 1 aromatic rings. The smallest absolute Gasteiger partial charge is 0.324 e. The van der Waals surface area contributed by atoms with Gasteiger partial charge in [0, 0.05) is 6.54 Å². The van der Waals surface area contributed by atoms with Crippen molar-refractivity contribution >= 4 is 5.97 Å². The summed E-state index contributed by atoms with van der Waals surface area (Å²) in [7, 11) is 0. The van der Waals surface area contributed by atoms with Gasteiger partial charge in [0.05, 0.1) is 0 Å². The van der Waals surface area contributed by atoms with E-state index in [0.29, 0.717) is 6.42 Å². The highest BCUT2D eigenvalue weighted by molar-refractivity contribution is 5.77. The number of hydrogen-bond donors (Lipinski definition) is 1. The SMILES string of the molecule is CC(C)(C)OC(=O)[C@@H]1Cc2ccccc2CN1. The molecule has 17 heavy (non-hydrogen) atoms. The van der Waals surface area contributed by atoms with Gasteiger partial charge in [-0.05, 0) is 38.3 Å². The standard InChI is InChI=1S/C14H19NO2/c1-14(2,3)17-13(16)12-8-10-6-4-5-7-11(10)9-15-12/h4-7,12,15H,8-9H2,1-3H3/t12-/m0/s1. The van der Waals surface area contributed by atoms with E-state index in [0.717, 1.165) is 6.54 Å². The van der Waals surface area contributed by atoms with Crippen molar-refractivity contribution in [3.05, 3.63) is 35.4 Å². The number of ether oxygens (including phenoxy) is 1. The molecule has 0 spiro atoms. The molecule has 0 aliphatic carbocycles. The van der Waals surface area contributed by atoms with E-state index in [-0.39, 0.29) is 12.0 Å². The molecule has 0 saturated heterocycles. The zero-order valence-corrected chi connectivity index (χ0v) is 10.6. The fourth-order valence-electron chi connectivity index (χ4n) is 1.99. The van der Waals surface area contributed by atoms with Gasteiger partial charge in [0.15, 0.2) is 0 Å². The Bertz CT molecular complexity index is 420. The van der Waals surface area contributed by atoms with E-state index in [1.165, 1.54) is 11.1 Å². The molecule has 1 aliphatic heterocycles. The van der Waals surface area contributed by atoms with Crippen molar-refractivity contribution < 1.29 is 9.53 Å². The van der Waals surface area contributed by atoms with E-state index < -0.39 is 5.60 Å². The molecule has 0 amide bonds. The van der Waals surface area contributed by atoms with Crippen LogP contribution >= 0.6 is 0 Å². The summed E-state index contributed by atoms with van der Waals surface area (Å²) in [6.45, 7) is 6.41. The predicted octanol–water partition coefficient (Wildman–Crippen LogP) is 2.04. The summed E-state index contributed by atoms with van der Waals surface area (Å²) in [5.74, 6) is -0.160. The Labute approximate surface area is 102 Å². The van der Waals surface area contributed by atoms with Crippen molar-refractivity contribution in [2.75, 3.05) is 0 Å². The maximum absolute atomic E-state index is 11.9. The lowest BCUT2D eigenvalue weighted by molar-refractivity contribution is -0.157. The second kappa shape index (κ2) is 4.49. The summed E-state index contributed by atoms with van der Waals surface area (Å²) in [6, 6.07) is 7.98. The number of carbonyl (C=O) groups is 1. The highest BCUT2D eigenvalue weighted by atomic mass is 16.6. The molecule has 1 heterocycles. The molecule has 0 aromatic heterocycles. The monoisotopic (exact) mass is 233 g/mol. The van der Waals surface area contributed by atoms with E-state index in [9.17, 15) is 4.79 Å².